The fourth-order valence-electron chi connectivity index (χ4n) is 15.9. The van der Waals surface area contributed by atoms with E-state index >= 15 is 0 Å². The quantitative estimate of drug-likeness (QED) is 0.0239. The topological polar surface area (TPSA) is 477 Å². The molecule has 38 heteroatoms. The molecule has 0 fully saturated rings. The summed E-state index contributed by atoms with van der Waals surface area (Å²) in [5, 5.41) is 95.6. The highest BCUT2D eigenvalue weighted by molar-refractivity contribution is 7.90. The van der Waals surface area contributed by atoms with Crippen molar-refractivity contribution in [1.29, 1.82) is 21.0 Å². The first-order valence-electron chi connectivity index (χ1n) is 42.4. The van der Waals surface area contributed by atoms with Crippen LogP contribution in [0.5, 0.6) is 23.0 Å². The molecule has 0 aliphatic heterocycles. The molecule has 0 spiro atoms. The molecule has 0 unspecified atom stereocenters. The molecule has 0 saturated heterocycles. The van der Waals surface area contributed by atoms with Crippen LogP contribution in [0.2, 0.25) is 0 Å². The molecule has 0 saturated carbocycles. The molecule has 31 nitrogen and oxygen atoms in total. The number of carbonyl (C=O) groups is 2. The van der Waals surface area contributed by atoms with Crippen LogP contribution in [0.15, 0.2) is 152 Å². The molecule has 4 aliphatic rings. The lowest BCUT2D eigenvalue weighted by Gasteiger charge is -2.27. The Hall–Kier alpha value is -12.2. The van der Waals surface area contributed by atoms with Gasteiger partial charge in [-0.3, -0.25) is 9.59 Å². The van der Waals surface area contributed by atoms with Gasteiger partial charge in [0.05, 0.1) is 69.9 Å². The second-order valence-electron chi connectivity index (χ2n) is 32.7. The number of hydrogen-bond acceptors (Lipinski definition) is 29. The number of sulfonamides is 2. The van der Waals surface area contributed by atoms with E-state index in [1.54, 1.807) is 48.5 Å². The first-order chi connectivity index (χ1) is 63.1. The van der Waals surface area contributed by atoms with Crippen molar-refractivity contribution in [3.63, 3.8) is 0 Å². The molecule has 12 aromatic rings. The number of rotatable bonds is 28. The van der Waals surface area contributed by atoms with Gasteiger partial charge < -0.3 is 39.4 Å². The van der Waals surface area contributed by atoms with Crippen LogP contribution in [0, 0.1) is 45.3 Å². The first kappa shape index (κ1) is 97.3. The second kappa shape index (κ2) is 43.0. The van der Waals surface area contributed by atoms with Crippen LogP contribution in [0.1, 0.15) is 178 Å². The molecule has 8 N–H and O–H groups in total. The summed E-state index contributed by atoms with van der Waals surface area (Å²) in [5.41, 5.74) is 17.1. The molecule has 4 aromatic heterocycles. The Morgan fingerprint density at radius 3 is 1.14 bits per heavy atom. The van der Waals surface area contributed by atoms with E-state index in [0.717, 1.165) is 140 Å². The third-order valence-corrected chi connectivity index (χ3v) is 28.8. The number of amides is 2. The molecule has 4 aliphatic carbocycles. The zero-order chi connectivity index (χ0) is 94.5. The summed E-state index contributed by atoms with van der Waals surface area (Å²) >= 11 is 5.84. The van der Waals surface area contributed by atoms with Crippen molar-refractivity contribution in [2.45, 2.75) is 162 Å². The van der Waals surface area contributed by atoms with E-state index < -0.39 is 61.2 Å². The first-order valence-corrected chi connectivity index (χ1v) is 50.6. The van der Waals surface area contributed by atoms with Crippen LogP contribution in [-0.4, -0.2) is 151 Å². The van der Waals surface area contributed by atoms with Crippen molar-refractivity contribution in [2.75, 3.05) is 38.8 Å². The van der Waals surface area contributed by atoms with Crippen molar-refractivity contribution >= 4 is 87.4 Å². The number of nitriles is 4. The average molecular weight is 1910 g/mol. The van der Waals surface area contributed by atoms with E-state index in [1.807, 2.05) is 159 Å². The number of aliphatic hydroxyl groups is 2. The molecule has 0 radical (unpaired) electrons. The molecular formula is C94H97N17O14S7. The summed E-state index contributed by atoms with van der Waals surface area (Å²) in [6, 6.07) is 52.7. The Kier molecular flexibility index (Phi) is 31.7. The predicted octanol–water partition coefficient (Wildman–Crippen LogP) is 14.9. The number of fused-ring (bicyclic) bond motifs is 4. The summed E-state index contributed by atoms with van der Waals surface area (Å²) in [4.78, 5) is 30.5. The Morgan fingerprint density at radius 2 is 0.788 bits per heavy atom. The van der Waals surface area contributed by atoms with E-state index in [1.165, 1.54) is 64.3 Å². The molecule has 0 bridgehead atoms. The highest BCUT2D eigenvalue weighted by Crippen LogP contribution is 2.47. The van der Waals surface area contributed by atoms with Crippen LogP contribution in [-0.2, 0) is 65.5 Å². The zero-order valence-electron chi connectivity index (χ0n) is 73.8. The van der Waals surface area contributed by atoms with Crippen LogP contribution < -0.4 is 43.6 Å². The number of aliphatic hydroxyl groups excluding tert-OH is 2. The van der Waals surface area contributed by atoms with Gasteiger partial charge in [-0.2, -0.15) is 34.2 Å². The van der Waals surface area contributed by atoms with Crippen molar-refractivity contribution in [3.8, 4) is 132 Å². The molecule has 16 rings (SSSR count). The molecule has 4 atom stereocenters. The maximum atomic E-state index is 12.6. The molecule has 4 heterocycles. The van der Waals surface area contributed by atoms with E-state index in [4.69, 9.17) is 34.3 Å². The van der Waals surface area contributed by atoms with Gasteiger partial charge in [-0.25, -0.2) is 36.4 Å². The maximum Gasteiger partial charge on any atom is 0.274 e. The minimum Gasteiger partial charge on any atom is -0.490 e. The number of nitrogens with two attached hydrogens (primary N) is 1. The van der Waals surface area contributed by atoms with E-state index in [0.29, 0.717) is 92.4 Å². The van der Waals surface area contributed by atoms with Gasteiger partial charge in [-0.1, -0.05) is 107 Å². The van der Waals surface area contributed by atoms with E-state index in [9.17, 15) is 55.9 Å². The largest absolute Gasteiger partial charge is 0.490 e. The molecule has 2 amide bonds. The minimum absolute atomic E-state index is 0.0165. The van der Waals surface area contributed by atoms with Gasteiger partial charge in [0.15, 0.2) is 0 Å². The Bertz CT molecular complexity index is 6820. The lowest BCUT2D eigenvalue weighted by Crippen LogP contribution is -2.37. The van der Waals surface area contributed by atoms with Crippen molar-refractivity contribution < 1.29 is 64.0 Å². The average Bonchev–Trinajstić information content (AvgIpc) is 1.57. The molecular weight excluding hydrogens is 1820 g/mol. The number of ether oxygens (including phenoxy) is 4. The Balaban J connectivity index is 0.000000150. The minimum atomic E-state index is -3.78. The normalized spacial score (nSPS) is 15.3. The van der Waals surface area contributed by atoms with Gasteiger partial charge in [0.2, 0.25) is 31.9 Å². The number of carbonyl (C=O) groups excluding carboxylic acids is 2. The third kappa shape index (κ3) is 24.0. The van der Waals surface area contributed by atoms with Crippen LogP contribution in [0.4, 0.5) is 0 Å². The number of hydrogen-bond donors (Lipinski definition) is 7. The summed E-state index contributed by atoms with van der Waals surface area (Å²) in [5.74, 6) is 0.445. The smallest absolute Gasteiger partial charge is 0.274 e. The monoisotopic (exact) mass is 1910 g/mol. The zero-order valence-corrected chi connectivity index (χ0v) is 79.6. The summed E-state index contributed by atoms with van der Waals surface area (Å²) in [7, 11) is -8.05. The Labute approximate surface area is 782 Å². The van der Waals surface area contributed by atoms with Crippen molar-refractivity contribution in [1.82, 2.24) is 60.0 Å². The number of nitrogens with zero attached hydrogens (tertiary/aromatic N) is 12. The number of benzene rings is 8. The lowest BCUT2D eigenvalue weighted by atomic mass is 9.85. The molecule has 684 valence electrons. The van der Waals surface area contributed by atoms with Gasteiger partial charge in [-0.05, 0) is 236 Å². The summed E-state index contributed by atoms with van der Waals surface area (Å²) in [6.45, 7) is 14.4. The van der Waals surface area contributed by atoms with E-state index in [-0.39, 0.29) is 54.2 Å². The molecule has 132 heavy (non-hydrogen) atoms. The van der Waals surface area contributed by atoms with Gasteiger partial charge in [0.25, 0.3) is 10.2 Å². The SMILES string of the molecule is CC(C)Oc1ccc(-c2ncc(-c3cccc4c3CC[C@H]4NS(N)(=O)=O)s2)cc1C#N.CC(C)Oc1ccc(-c2nnc(-c3cccc4c3CCC[C@@H]4NC(=O)CO)s2)cc1C#N.CC(C)Oc1ccc(-c2nnc(-c3cccc4c3CC[C@H]4NS(=O)(=O)CC(=O)N(C)C)s2)cc1C#N.CC(C)Oc1ccc(-c2nnc(-c3cccc4c3CC[C@H]4NS(=O)(=O)CCO)s2)cc1C#N. The highest BCUT2D eigenvalue weighted by atomic mass is 32.2. The lowest BCUT2D eigenvalue weighted by molar-refractivity contribution is -0.126. The van der Waals surface area contributed by atoms with Crippen LogP contribution in [0.3, 0.4) is 0 Å². The summed E-state index contributed by atoms with van der Waals surface area (Å²) in [6.07, 6.45) is 8.43. The molecule has 8 aromatic carbocycles. The highest BCUT2D eigenvalue weighted by Gasteiger charge is 2.35. The van der Waals surface area contributed by atoms with Gasteiger partial charge in [0, 0.05) is 77.4 Å². The maximum absolute atomic E-state index is 12.6. The Morgan fingerprint density at radius 1 is 0.447 bits per heavy atom. The summed E-state index contributed by atoms with van der Waals surface area (Å²) < 4.78 is 103. The third-order valence-electron chi connectivity index (χ3n) is 21.5. The van der Waals surface area contributed by atoms with Crippen molar-refractivity contribution in [3.05, 3.63) is 219 Å². The van der Waals surface area contributed by atoms with Crippen molar-refractivity contribution in [2.24, 2.45) is 5.14 Å². The van der Waals surface area contributed by atoms with Crippen LogP contribution in [0.25, 0.3) is 84.4 Å². The number of aromatic nitrogens is 7. The number of nitrogens with one attached hydrogen (secondary N) is 4. The fraction of sp³-hybridized carbons (Fsp3) is 0.330. The standard InChI is InChI=1S/C25H27N5O4S2.C24H24N4O3S.C23H24N4O4S2.C22H22N4O3S2/c1-15(2)34-22-11-8-16(12-17(22)13-26)24-27-28-25(35-24)20-7-5-6-19-18(20)9-10-21(19)29-36(32,33)14-23(31)30(3)4;1-14(2)31-21-10-9-15(11-16(21)12-25)23-27-28-24(32-23)19-7-3-6-18-17(19)5-4-8-20(18)26-22(30)13-29;1-14(2)31-21-9-6-15(12-16(21)13-24)22-25-26-23(32-22)19-5-3-4-18-17(19)7-8-20(18)27-33(29,30)11-10-28;1-13(2)29-20-9-6-14(10-15(20)11-23)22-25-12-21(30-22)18-5-3-4-17-16(18)7-8-19(17)26-31(24,27)28/h5-8,11-12,15,21,29H,9-10,14H2,1-4H3;3,6-7,9-11,14,20,29H,4-5,8,13H2,1-2H3,(H,26,30);3-6,9,12,14,20,27-28H,7-8,10-11H2,1-2H3;3-6,9-10,12-13,19,26H,7-8H2,1-2H3,(H2,24,27,28)/t21-;2*20-;19-/m1011/s1. The van der Waals surface area contributed by atoms with E-state index in [2.05, 4.69) is 79.3 Å². The van der Waals surface area contributed by atoms with Crippen LogP contribution >= 0.6 is 45.3 Å². The second-order valence-corrected chi connectivity index (χ2v) is 41.6. The predicted molar refractivity (Wildman–Crippen MR) is 507 cm³/mol. The number of thiazole rings is 1. The van der Waals surface area contributed by atoms with Gasteiger partial charge in [0.1, 0.15) is 94.7 Å². The fourth-order valence-corrected chi connectivity index (χ4v) is 22.5. The van der Waals surface area contributed by atoms with Gasteiger partial charge in [-0.15, -0.1) is 41.9 Å². The van der Waals surface area contributed by atoms with Gasteiger partial charge >= 0.3 is 0 Å².